The Kier molecular flexibility index (Phi) is 6.06. The first-order valence-electron chi connectivity index (χ1n) is 6.68. The summed E-state index contributed by atoms with van der Waals surface area (Å²) >= 11 is 0. The monoisotopic (exact) mass is 234 g/mol. The molecule has 0 amide bonds. The number of nitrogens with zero attached hydrogens (tertiary/aromatic N) is 1. The molecule has 2 nitrogen and oxygen atoms in total. The summed E-state index contributed by atoms with van der Waals surface area (Å²) in [6.45, 7) is 8.87. The van der Waals surface area contributed by atoms with Crippen LogP contribution in [0.5, 0.6) is 0 Å². The number of benzene rings is 1. The number of hydrogen-bond acceptors (Lipinski definition) is 2. The molecule has 1 N–H and O–H groups in total. The van der Waals surface area contributed by atoms with Crippen LogP contribution in [0.3, 0.4) is 0 Å². The van der Waals surface area contributed by atoms with Gasteiger partial charge in [-0.15, -0.1) is 0 Å². The fourth-order valence-corrected chi connectivity index (χ4v) is 2.08. The van der Waals surface area contributed by atoms with Crippen molar-refractivity contribution in [2.45, 2.75) is 33.2 Å². The lowest BCUT2D eigenvalue weighted by Crippen LogP contribution is -2.43. The second-order valence-electron chi connectivity index (χ2n) is 4.77. The number of nitrogens with one attached hydrogen (secondary N) is 1. The summed E-state index contributed by atoms with van der Waals surface area (Å²) in [5, 5.41) is 3.59. The second kappa shape index (κ2) is 7.33. The number of anilines is 1. The van der Waals surface area contributed by atoms with E-state index < -0.39 is 0 Å². The van der Waals surface area contributed by atoms with Crippen molar-refractivity contribution in [3.05, 3.63) is 30.3 Å². The predicted molar refractivity (Wildman–Crippen MR) is 76.6 cm³/mol. The molecule has 1 aromatic carbocycles. The zero-order valence-electron chi connectivity index (χ0n) is 11.6. The highest BCUT2D eigenvalue weighted by atomic mass is 15.1. The third-order valence-corrected chi connectivity index (χ3v) is 3.46. The zero-order chi connectivity index (χ0) is 12.7. The highest BCUT2D eigenvalue weighted by Gasteiger charge is 2.16. The highest BCUT2D eigenvalue weighted by Crippen LogP contribution is 2.15. The van der Waals surface area contributed by atoms with Crippen molar-refractivity contribution in [3.63, 3.8) is 0 Å². The summed E-state index contributed by atoms with van der Waals surface area (Å²) < 4.78 is 0. The van der Waals surface area contributed by atoms with Crippen LogP contribution in [0.15, 0.2) is 30.3 Å². The van der Waals surface area contributed by atoms with E-state index in [0.29, 0.717) is 12.0 Å². The molecule has 96 valence electrons. The van der Waals surface area contributed by atoms with Crippen molar-refractivity contribution in [1.82, 2.24) is 5.32 Å². The molecule has 2 atom stereocenters. The Morgan fingerprint density at radius 1 is 1.18 bits per heavy atom. The average Bonchev–Trinajstić information content (AvgIpc) is 2.38. The van der Waals surface area contributed by atoms with E-state index in [-0.39, 0.29) is 0 Å². The average molecular weight is 234 g/mol. The summed E-state index contributed by atoms with van der Waals surface area (Å²) in [6, 6.07) is 11.2. The van der Waals surface area contributed by atoms with E-state index in [1.165, 1.54) is 12.1 Å². The fraction of sp³-hybridized carbons (Fsp3) is 0.600. The van der Waals surface area contributed by atoms with Crippen LogP contribution in [-0.2, 0) is 0 Å². The zero-order valence-corrected chi connectivity index (χ0v) is 11.6. The quantitative estimate of drug-likeness (QED) is 0.779. The van der Waals surface area contributed by atoms with Gasteiger partial charge in [0.1, 0.15) is 0 Å². The molecule has 1 aromatic rings. The van der Waals surface area contributed by atoms with E-state index in [1.807, 2.05) is 0 Å². The molecule has 0 heterocycles. The third kappa shape index (κ3) is 4.39. The summed E-state index contributed by atoms with van der Waals surface area (Å²) in [7, 11) is 2.17. The summed E-state index contributed by atoms with van der Waals surface area (Å²) in [6.07, 6.45) is 1.22. The van der Waals surface area contributed by atoms with E-state index in [1.54, 1.807) is 0 Å². The Morgan fingerprint density at radius 2 is 1.82 bits per heavy atom. The van der Waals surface area contributed by atoms with Crippen molar-refractivity contribution in [2.75, 3.05) is 25.0 Å². The van der Waals surface area contributed by atoms with Crippen LogP contribution in [0.25, 0.3) is 0 Å². The van der Waals surface area contributed by atoms with E-state index >= 15 is 0 Å². The van der Waals surface area contributed by atoms with Gasteiger partial charge < -0.3 is 10.2 Å². The van der Waals surface area contributed by atoms with Crippen LogP contribution < -0.4 is 10.2 Å². The van der Waals surface area contributed by atoms with Gasteiger partial charge in [-0.05, 0) is 24.6 Å². The standard InChI is InChI=1S/C15H26N2/c1-5-13(3)15(16-6-2)12-17(4)14-10-8-7-9-11-14/h7-11,13,15-16H,5-6,12H2,1-4H3. The third-order valence-electron chi connectivity index (χ3n) is 3.46. The van der Waals surface area contributed by atoms with E-state index in [2.05, 4.69) is 68.4 Å². The molecule has 0 spiro atoms. The normalized spacial score (nSPS) is 14.4. The molecule has 1 rings (SSSR count). The smallest absolute Gasteiger partial charge is 0.0364 e. The van der Waals surface area contributed by atoms with Crippen molar-refractivity contribution in [1.29, 1.82) is 0 Å². The van der Waals surface area contributed by atoms with E-state index in [0.717, 1.165) is 13.1 Å². The minimum atomic E-state index is 0.565. The number of hydrogen-bond donors (Lipinski definition) is 1. The van der Waals surface area contributed by atoms with Gasteiger partial charge in [0.2, 0.25) is 0 Å². The first-order valence-corrected chi connectivity index (χ1v) is 6.68. The predicted octanol–water partition coefficient (Wildman–Crippen LogP) is 3.15. The first kappa shape index (κ1) is 14.0. The number of rotatable bonds is 7. The van der Waals surface area contributed by atoms with Crippen LogP contribution in [0.1, 0.15) is 27.2 Å². The molecule has 0 bridgehead atoms. The topological polar surface area (TPSA) is 15.3 Å². The lowest BCUT2D eigenvalue weighted by molar-refractivity contribution is 0.376. The van der Waals surface area contributed by atoms with Crippen molar-refractivity contribution < 1.29 is 0 Å². The minimum Gasteiger partial charge on any atom is -0.373 e. The van der Waals surface area contributed by atoms with Gasteiger partial charge in [-0.1, -0.05) is 45.4 Å². The summed E-state index contributed by atoms with van der Waals surface area (Å²) in [4.78, 5) is 2.33. The van der Waals surface area contributed by atoms with Gasteiger partial charge in [-0.3, -0.25) is 0 Å². The van der Waals surface area contributed by atoms with Crippen LogP contribution in [0.2, 0.25) is 0 Å². The molecule has 0 saturated carbocycles. The second-order valence-corrected chi connectivity index (χ2v) is 4.77. The Bertz CT molecular complexity index is 297. The van der Waals surface area contributed by atoms with Crippen LogP contribution >= 0.6 is 0 Å². The van der Waals surface area contributed by atoms with Crippen molar-refractivity contribution in [3.8, 4) is 0 Å². The van der Waals surface area contributed by atoms with E-state index in [9.17, 15) is 0 Å². The van der Waals surface area contributed by atoms with Gasteiger partial charge in [-0.2, -0.15) is 0 Å². The van der Waals surface area contributed by atoms with Crippen molar-refractivity contribution >= 4 is 5.69 Å². The molecular formula is C15H26N2. The maximum atomic E-state index is 3.59. The van der Waals surface area contributed by atoms with Gasteiger partial charge >= 0.3 is 0 Å². The van der Waals surface area contributed by atoms with Gasteiger partial charge in [0.05, 0.1) is 0 Å². The number of likely N-dealkylation sites (N-methyl/N-ethyl adjacent to an activating group) is 2. The molecule has 2 heteroatoms. The molecule has 2 unspecified atom stereocenters. The van der Waals surface area contributed by atoms with Gasteiger partial charge in [-0.25, -0.2) is 0 Å². The molecule has 0 aliphatic carbocycles. The molecule has 0 aliphatic rings. The maximum absolute atomic E-state index is 3.59. The molecule has 0 aromatic heterocycles. The Labute approximate surface area is 106 Å². The molecule has 0 fully saturated rings. The largest absolute Gasteiger partial charge is 0.373 e. The molecule has 0 radical (unpaired) electrons. The molecule has 0 saturated heterocycles. The SMILES string of the molecule is CCNC(CN(C)c1ccccc1)C(C)CC. The lowest BCUT2D eigenvalue weighted by Gasteiger charge is -2.30. The first-order chi connectivity index (χ1) is 8.19. The fourth-order valence-electron chi connectivity index (χ4n) is 2.08. The number of para-hydroxylation sites is 1. The Hall–Kier alpha value is -1.02. The van der Waals surface area contributed by atoms with E-state index in [4.69, 9.17) is 0 Å². The maximum Gasteiger partial charge on any atom is 0.0364 e. The molecular weight excluding hydrogens is 208 g/mol. The highest BCUT2D eigenvalue weighted by molar-refractivity contribution is 5.45. The van der Waals surface area contributed by atoms with Crippen molar-refractivity contribution in [2.24, 2.45) is 5.92 Å². The van der Waals surface area contributed by atoms with Gasteiger partial charge in [0, 0.05) is 25.3 Å². The van der Waals surface area contributed by atoms with Gasteiger partial charge in [0.15, 0.2) is 0 Å². The Morgan fingerprint density at radius 3 is 2.35 bits per heavy atom. The van der Waals surface area contributed by atoms with Crippen LogP contribution in [0.4, 0.5) is 5.69 Å². The lowest BCUT2D eigenvalue weighted by atomic mass is 9.98. The summed E-state index contributed by atoms with van der Waals surface area (Å²) in [5.74, 6) is 0.709. The van der Waals surface area contributed by atoms with Crippen LogP contribution in [0, 0.1) is 5.92 Å². The van der Waals surface area contributed by atoms with Crippen LogP contribution in [-0.4, -0.2) is 26.2 Å². The Balaban J connectivity index is 2.60. The summed E-state index contributed by atoms with van der Waals surface area (Å²) in [5.41, 5.74) is 1.29. The molecule has 17 heavy (non-hydrogen) atoms. The van der Waals surface area contributed by atoms with Gasteiger partial charge in [0.25, 0.3) is 0 Å². The molecule has 0 aliphatic heterocycles. The minimum absolute atomic E-state index is 0.565.